The van der Waals surface area contributed by atoms with Gasteiger partial charge in [0, 0.05) is 5.56 Å². The molecule has 3 nitrogen and oxygen atoms in total. The molecule has 0 aliphatic heterocycles. The van der Waals surface area contributed by atoms with Crippen molar-refractivity contribution in [3.63, 3.8) is 0 Å². The number of para-hydroxylation sites is 1. The summed E-state index contributed by atoms with van der Waals surface area (Å²) in [5.74, 6) is -0.109. The summed E-state index contributed by atoms with van der Waals surface area (Å²) in [6, 6.07) is 13.6. The minimum Gasteiger partial charge on any atom is -0.326 e. The van der Waals surface area contributed by atoms with Crippen LogP contribution in [-0.4, -0.2) is 19.5 Å². The molecule has 0 saturated carbocycles. The highest BCUT2D eigenvalue weighted by Gasteiger charge is 2.14. The minimum absolute atomic E-state index is 0.109. The van der Waals surface area contributed by atoms with Crippen LogP contribution in [0.5, 0.6) is 0 Å². The average molecular weight is 352 g/mol. The Morgan fingerprint density at radius 3 is 2.17 bits per heavy atom. The van der Waals surface area contributed by atoms with Gasteiger partial charge in [0.1, 0.15) is 6.54 Å². The van der Waals surface area contributed by atoms with E-state index >= 15 is 0 Å². The summed E-state index contributed by atoms with van der Waals surface area (Å²) < 4.78 is 0. The van der Waals surface area contributed by atoms with E-state index in [-0.39, 0.29) is 5.91 Å². The van der Waals surface area contributed by atoms with Crippen LogP contribution in [0.2, 0.25) is 10.0 Å². The SMILES string of the molecule is CCc1ccc(C[NH+](C)CC(=O)Nc2c(Cl)cccc2Cl)cc1. The lowest BCUT2D eigenvalue weighted by Gasteiger charge is -2.15. The van der Waals surface area contributed by atoms with Crippen LogP contribution >= 0.6 is 23.2 Å². The van der Waals surface area contributed by atoms with Crippen LogP contribution in [0, 0.1) is 0 Å². The summed E-state index contributed by atoms with van der Waals surface area (Å²) in [6.07, 6.45) is 1.03. The number of anilines is 1. The summed E-state index contributed by atoms with van der Waals surface area (Å²) in [5, 5.41) is 3.68. The Morgan fingerprint density at radius 1 is 1.04 bits per heavy atom. The molecule has 0 spiro atoms. The van der Waals surface area contributed by atoms with E-state index in [9.17, 15) is 4.79 Å². The van der Waals surface area contributed by atoms with Crippen molar-refractivity contribution in [1.82, 2.24) is 0 Å². The van der Waals surface area contributed by atoms with Crippen LogP contribution in [0.15, 0.2) is 42.5 Å². The van der Waals surface area contributed by atoms with Crippen molar-refractivity contribution in [2.75, 3.05) is 18.9 Å². The maximum absolute atomic E-state index is 12.2. The quantitative estimate of drug-likeness (QED) is 0.823. The van der Waals surface area contributed by atoms with E-state index < -0.39 is 0 Å². The third-order valence-corrected chi connectivity index (χ3v) is 4.26. The van der Waals surface area contributed by atoms with Crippen molar-refractivity contribution in [3.8, 4) is 0 Å². The Morgan fingerprint density at radius 2 is 1.61 bits per heavy atom. The molecular weight excluding hydrogens is 331 g/mol. The van der Waals surface area contributed by atoms with Gasteiger partial charge >= 0.3 is 0 Å². The first kappa shape index (κ1) is 17.8. The number of halogens is 2. The summed E-state index contributed by atoms with van der Waals surface area (Å²) >= 11 is 12.1. The molecule has 0 fully saturated rings. The van der Waals surface area contributed by atoms with Crippen LogP contribution in [0.4, 0.5) is 5.69 Å². The van der Waals surface area contributed by atoms with Crippen molar-refractivity contribution in [1.29, 1.82) is 0 Å². The zero-order chi connectivity index (χ0) is 16.8. The first-order valence-electron chi connectivity index (χ1n) is 7.62. The van der Waals surface area contributed by atoms with Gasteiger partial charge < -0.3 is 10.2 Å². The second kappa shape index (κ2) is 8.34. The summed E-state index contributed by atoms with van der Waals surface area (Å²) in [7, 11) is 1.99. The Labute approximate surface area is 147 Å². The van der Waals surface area contributed by atoms with E-state index in [1.807, 2.05) is 7.05 Å². The maximum Gasteiger partial charge on any atom is 0.279 e. The fourth-order valence-electron chi connectivity index (χ4n) is 2.38. The van der Waals surface area contributed by atoms with Crippen molar-refractivity contribution < 1.29 is 9.69 Å². The molecular formula is C18H21Cl2N2O+. The van der Waals surface area contributed by atoms with Crippen molar-refractivity contribution in [2.45, 2.75) is 19.9 Å². The molecule has 2 aromatic rings. The molecule has 2 aromatic carbocycles. The molecule has 0 aromatic heterocycles. The molecule has 1 atom stereocenters. The number of likely N-dealkylation sites (N-methyl/N-ethyl adjacent to an activating group) is 1. The molecule has 0 heterocycles. The number of rotatable bonds is 6. The molecule has 0 bridgehead atoms. The number of hydrogen-bond donors (Lipinski definition) is 2. The third-order valence-electron chi connectivity index (χ3n) is 3.63. The number of quaternary nitrogens is 1. The number of carbonyl (C=O) groups excluding carboxylic acids is 1. The first-order valence-corrected chi connectivity index (χ1v) is 8.38. The standard InChI is InChI=1S/C18H20Cl2N2O/c1-3-13-7-9-14(10-8-13)11-22(2)12-17(23)21-18-15(19)5-4-6-16(18)20/h4-10H,3,11-12H2,1-2H3,(H,21,23)/p+1. The number of carbonyl (C=O) groups is 1. The highest BCUT2D eigenvalue weighted by molar-refractivity contribution is 6.39. The highest BCUT2D eigenvalue weighted by atomic mass is 35.5. The first-order chi connectivity index (χ1) is 11.0. The van der Waals surface area contributed by atoms with Gasteiger partial charge in [-0.15, -0.1) is 0 Å². The summed E-state index contributed by atoms with van der Waals surface area (Å²) in [4.78, 5) is 13.3. The van der Waals surface area contributed by atoms with Crippen molar-refractivity contribution in [3.05, 3.63) is 63.6 Å². The van der Waals surface area contributed by atoms with Gasteiger partial charge in [0.2, 0.25) is 0 Å². The van der Waals surface area contributed by atoms with Gasteiger partial charge in [0.15, 0.2) is 6.54 Å². The van der Waals surface area contributed by atoms with Gasteiger partial charge in [0.05, 0.1) is 22.8 Å². The van der Waals surface area contributed by atoms with E-state index in [0.717, 1.165) is 17.9 Å². The molecule has 0 radical (unpaired) electrons. The second-order valence-electron chi connectivity index (χ2n) is 5.63. The summed E-state index contributed by atoms with van der Waals surface area (Å²) in [5.41, 5.74) is 3.00. The fourth-order valence-corrected chi connectivity index (χ4v) is 2.87. The smallest absolute Gasteiger partial charge is 0.279 e. The Hall–Kier alpha value is -1.55. The zero-order valence-corrected chi connectivity index (χ0v) is 14.8. The number of nitrogens with one attached hydrogen (secondary N) is 2. The molecule has 1 amide bonds. The largest absolute Gasteiger partial charge is 0.326 e. The lowest BCUT2D eigenvalue weighted by atomic mass is 10.1. The topological polar surface area (TPSA) is 33.5 Å². The Balaban J connectivity index is 1.91. The fraction of sp³-hybridized carbons (Fsp3) is 0.278. The molecule has 2 N–H and O–H groups in total. The average Bonchev–Trinajstić information content (AvgIpc) is 2.51. The monoisotopic (exact) mass is 351 g/mol. The molecule has 0 saturated heterocycles. The van der Waals surface area contributed by atoms with Crippen LogP contribution in [0.1, 0.15) is 18.1 Å². The predicted octanol–water partition coefficient (Wildman–Crippen LogP) is 3.21. The van der Waals surface area contributed by atoms with E-state index in [4.69, 9.17) is 23.2 Å². The Bertz CT molecular complexity index is 651. The maximum atomic E-state index is 12.2. The van der Waals surface area contributed by atoms with Crippen LogP contribution in [0.3, 0.4) is 0 Å². The molecule has 1 unspecified atom stereocenters. The van der Waals surface area contributed by atoms with Crippen LogP contribution in [-0.2, 0) is 17.8 Å². The summed E-state index contributed by atoms with van der Waals surface area (Å²) in [6.45, 7) is 3.27. The third kappa shape index (κ3) is 5.24. The Kier molecular flexibility index (Phi) is 6.46. The zero-order valence-electron chi connectivity index (χ0n) is 13.3. The van der Waals surface area contributed by atoms with Gasteiger partial charge in [-0.3, -0.25) is 4.79 Å². The molecule has 2 rings (SSSR count). The molecule has 5 heteroatoms. The number of aryl methyl sites for hydroxylation is 1. The van der Waals surface area contributed by atoms with Gasteiger partial charge in [-0.25, -0.2) is 0 Å². The van der Waals surface area contributed by atoms with Crippen molar-refractivity contribution >= 4 is 34.8 Å². The highest BCUT2D eigenvalue weighted by Crippen LogP contribution is 2.29. The minimum atomic E-state index is -0.109. The van der Waals surface area contributed by atoms with E-state index in [1.165, 1.54) is 11.1 Å². The molecule has 122 valence electrons. The van der Waals surface area contributed by atoms with E-state index in [2.05, 4.69) is 36.5 Å². The molecule has 0 aliphatic carbocycles. The lowest BCUT2D eigenvalue weighted by molar-refractivity contribution is -0.885. The van der Waals surface area contributed by atoms with Gasteiger partial charge in [-0.05, 0) is 24.1 Å². The normalized spacial score (nSPS) is 12.0. The second-order valence-corrected chi connectivity index (χ2v) is 6.44. The van der Waals surface area contributed by atoms with Gasteiger partial charge in [-0.1, -0.05) is 60.5 Å². The van der Waals surface area contributed by atoms with Crippen molar-refractivity contribution in [2.24, 2.45) is 0 Å². The van der Waals surface area contributed by atoms with Gasteiger partial charge in [0.25, 0.3) is 5.91 Å². The van der Waals surface area contributed by atoms with Crippen LogP contribution < -0.4 is 10.2 Å². The van der Waals surface area contributed by atoms with Gasteiger partial charge in [-0.2, -0.15) is 0 Å². The predicted molar refractivity (Wildman–Crippen MR) is 96.4 cm³/mol. The number of amides is 1. The lowest BCUT2D eigenvalue weighted by Crippen LogP contribution is -3.08. The van der Waals surface area contributed by atoms with E-state index in [1.54, 1.807) is 18.2 Å². The number of benzene rings is 2. The van der Waals surface area contributed by atoms with Crippen LogP contribution in [0.25, 0.3) is 0 Å². The molecule has 23 heavy (non-hydrogen) atoms. The van der Waals surface area contributed by atoms with E-state index in [0.29, 0.717) is 22.3 Å². The molecule has 0 aliphatic rings. The number of hydrogen-bond acceptors (Lipinski definition) is 1.